The average molecular weight is 479 g/mol. The average Bonchev–Trinajstić information content (AvgIpc) is 2.85. The molecule has 0 aliphatic rings. The van der Waals surface area contributed by atoms with Crippen LogP contribution in [0.2, 0.25) is 0 Å². The van der Waals surface area contributed by atoms with E-state index in [-0.39, 0.29) is 49.0 Å². The molecule has 2 N–H and O–H groups in total. The molecule has 2 aromatic carbocycles. The Morgan fingerprint density at radius 1 is 1.17 bits per heavy atom. The van der Waals surface area contributed by atoms with Crippen molar-refractivity contribution in [3.05, 3.63) is 77.2 Å². The van der Waals surface area contributed by atoms with E-state index in [9.17, 15) is 14.0 Å². The molecule has 3 aromatic rings. The number of benzene rings is 2. The molecule has 0 bridgehead atoms. The Kier molecular flexibility index (Phi) is 8.46. The van der Waals surface area contributed by atoms with E-state index in [1.54, 1.807) is 4.90 Å². The zero-order chi connectivity index (χ0) is 25.4. The lowest BCUT2D eigenvalue weighted by Gasteiger charge is -2.27. The molecule has 3 rings (SSSR count). The van der Waals surface area contributed by atoms with Crippen LogP contribution in [0, 0.1) is 17.1 Å². The summed E-state index contributed by atoms with van der Waals surface area (Å²) in [5, 5.41) is 14.7. The molecule has 184 valence electrons. The van der Waals surface area contributed by atoms with Crippen molar-refractivity contribution in [2.75, 3.05) is 18.4 Å². The molecule has 8 nitrogen and oxygen atoms in total. The predicted octanol–water partition coefficient (Wildman–Crippen LogP) is 4.25. The molecule has 1 aromatic heterocycles. The summed E-state index contributed by atoms with van der Waals surface area (Å²) in [5.74, 6) is -0.987. The summed E-state index contributed by atoms with van der Waals surface area (Å²) in [6.07, 6.45) is 1.38. The summed E-state index contributed by atoms with van der Waals surface area (Å²) in [5.41, 5.74) is 1.47. The van der Waals surface area contributed by atoms with E-state index in [2.05, 4.69) is 20.6 Å². The van der Waals surface area contributed by atoms with Gasteiger partial charge in [0.2, 0.25) is 11.9 Å². The zero-order valence-corrected chi connectivity index (χ0v) is 19.9. The number of hydrogen-bond donors (Lipinski definition) is 2. The molecule has 0 fully saturated rings. The van der Waals surface area contributed by atoms with Crippen LogP contribution in [0.15, 0.2) is 54.7 Å². The molecule has 0 aliphatic carbocycles. The zero-order valence-electron chi connectivity index (χ0n) is 19.9. The van der Waals surface area contributed by atoms with Crippen molar-refractivity contribution in [3.63, 3.8) is 0 Å². The standard InChI is InChI=1S/C26H27FN6O2.2H2/c1-17(2)33(16-19-7-5-4-6-8-19)25(35)22-15-31-26(30-12-11-29-18(3)34)32-24(22)21-10-9-20(14-28)13-23(21)27;;/h4-10,13,15,17H,11-12,16H2,1-3H3,(H,29,34)(H,30,31,32);2*1H. The lowest BCUT2D eigenvalue weighted by Crippen LogP contribution is -2.37. The molecule has 35 heavy (non-hydrogen) atoms. The molecular formula is C26H31FN6O2. The number of anilines is 1. The number of halogens is 1. The van der Waals surface area contributed by atoms with Gasteiger partial charge in [0, 0.05) is 47.2 Å². The van der Waals surface area contributed by atoms with Gasteiger partial charge in [-0.15, -0.1) is 0 Å². The highest BCUT2D eigenvalue weighted by molar-refractivity contribution is 6.00. The molecular weight excluding hydrogens is 447 g/mol. The number of aromatic nitrogens is 2. The highest BCUT2D eigenvalue weighted by Gasteiger charge is 2.25. The van der Waals surface area contributed by atoms with Crippen LogP contribution in [0.4, 0.5) is 10.3 Å². The Morgan fingerprint density at radius 2 is 1.91 bits per heavy atom. The second kappa shape index (κ2) is 11.7. The lowest BCUT2D eigenvalue weighted by molar-refractivity contribution is -0.118. The van der Waals surface area contributed by atoms with Crippen molar-refractivity contribution in [3.8, 4) is 17.3 Å². The van der Waals surface area contributed by atoms with Gasteiger partial charge >= 0.3 is 0 Å². The van der Waals surface area contributed by atoms with Crippen LogP contribution in [-0.4, -0.2) is 45.8 Å². The number of carbonyl (C=O) groups is 2. The summed E-state index contributed by atoms with van der Waals surface area (Å²) in [4.78, 5) is 35.1. The van der Waals surface area contributed by atoms with E-state index in [4.69, 9.17) is 5.26 Å². The number of nitrogens with one attached hydrogen (secondary N) is 2. The van der Waals surface area contributed by atoms with Crippen molar-refractivity contribution in [1.29, 1.82) is 5.26 Å². The van der Waals surface area contributed by atoms with Crippen molar-refractivity contribution < 1.29 is 16.8 Å². The van der Waals surface area contributed by atoms with Crippen LogP contribution < -0.4 is 10.6 Å². The largest absolute Gasteiger partial charge is 0.355 e. The maximum absolute atomic E-state index is 15.0. The van der Waals surface area contributed by atoms with Gasteiger partial charge in [0.25, 0.3) is 5.91 Å². The van der Waals surface area contributed by atoms with Crippen LogP contribution >= 0.6 is 0 Å². The minimum Gasteiger partial charge on any atom is -0.355 e. The van der Waals surface area contributed by atoms with Crippen LogP contribution in [-0.2, 0) is 11.3 Å². The Hall–Kier alpha value is -4.32. The van der Waals surface area contributed by atoms with Gasteiger partial charge in [-0.1, -0.05) is 30.3 Å². The molecule has 0 unspecified atom stereocenters. The normalized spacial score (nSPS) is 10.5. The van der Waals surface area contributed by atoms with Crippen LogP contribution in [0.25, 0.3) is 11.3 Å². The fourth-order valence-corrected chi connectivity index (χ4v) is 3.44. The molecule has 0 saturated carbocycles. The molecule has 1 heterocycles. The molecule has 0 saturated heterocycles. The van der Waals surface area contributed by atoms with Crippen molar-refractivity contribution >= 4 is 17.8 Å². The van der Waals surface area contributed by atoms with Crippen LogP contribution in [0.3, 0.4) is 0 Å². The van der Waals surface area contributed by atoms with Gasteiger partial charge in [0.15, 0.2) is 0 Å². The number of amides is 2. The first-order valence-corrected chi connectivity index (χ1v) is 11.2. The van der Waals surface area contributed by atoms with Gasteiger partial charge in [-0.3, -0.25) is 9.59 Å². The first-order valence-electron chi connectivity index (χ1n) is 11.2. The van der Waals surface area contributed by atoms with Gasteiger partial charge in [-0.2, -0.15) is 5.26 Å². The monoisotopic (exact) mass is 478 g/mol. The summed E-state index contributed by atoms with van der Waals surface area (Å²) in [6.45, 7) is 6.28. The summed E-state index contributed by atoms with van der Waals surface area (Å²) < 4.78 is 15.0. The van der Waals surface area contributed by atoms with E-state index in [1.807, 2.05) is 50.2 Å². The smallest absolute Gasteiger partial charge is 0.258 e. The minimum atomic E-state index is -0.667. The van der Waals surface area contributed by atoms with Gasteiger partial charge in [0.05, 0.1) is 22.9 Å². The first-order chi connectivity index (χ1) is 16.8. The second-order valence-corrected chi connectivity index (χ2v) is 8.18. The Morgan fingerprint density at radius 3 is 2.54 bits per heavy atom. The van der Waals surface area contributed by atoms with Crippen LogP contribution in [0.1, 0.15) is 45.1 Å². The van der Waals surface area contributed by atoms with E-state index in [0.29, 0.717) is 19.6 Å². The second-order valence-electron chi connectivity index (χ2n) is 8.18. The molecule has 0 radical (unpaired) electrons. The Balaban J connectivity index is 0.00000342. The molecule has 0 spiro atoms. The van der Waals surface area contributed by atoms with E-state index in [0.717, 1.165) is 11.6 Å². The summed E-state index contributed by atoms with van der Waals surface area (Å²) in [6, 6.07) is 15.4. The third-order valence-electron chi connectivity index (χ3n) is 5.23. The fourth-order valence-electron chi connectivity index (χ4n) is 3.44. The summed E-state index contributed by atoms with van der Waals surface area (Å²) in [7, 11) is 0. The van der Waals surface area contributed by atoms with E-state index < -0.39 is 5.82 Å². The number of nitriles is 1. The lowest BCUT2D eigenvalue weighted by atomic mass is 10.0. The van der Waals surface area contributed by atoms with E-state index in [1.165, 1.54) is 25.3 Å². The predicted molar refractivity (Wildman–Crippen MR) is 135 cm³/mol. The highest BCUT2D eigenvalue weighted by atomic mass is 19.1. The third-order valence-corrected chi connectivity index (χ3v) is 5.23. The van der Waals surface area contributed by atoms with Crippen molar-refractivity contribution in [2.45, 2.75) is 33.4 Å². The maximum Gasteiger partial charge on any atom is 0.258 e. The third kappa shape index (κ3) is 6.60. The minimum absolute atomic E-state index is 0. The van der Waals surface area contributed by atoms with Gasteiger partial charge in [-0.05, 0) is 37.6 Å². The van der Waals surface area contributed by atoms with Crippen molar-refractivity contribution in [1.82, 2.24) is 20.2 Å². The Bertz CT molecular complexity index is 1250. The first kappa shape index (κ1) is 25.3. The maximum atomic E-state index is 15.0. The number of carbonyl (C=O) groups excluding carboxylic acids is 2. The van der Waals surface area contributed by atoms with Gasteiger partial charge in [0.1, 0.15) is 5.82 Å². The highest BCUT2D eigenvalue weighted by Crippen LogP contribution is 2.28. The molecule has 9 heteroatoms. The number of rotatable bonds is 9. The van der Waals surface area contributed by atoms with Gasteiger partial charge in [-0.25, -0.2) is 14.4 Å². The molecule has 0 atom stereocenters. The topological polar surface area (TPSA) is 111 Å². The number of hydrogen-bond acceptors (Lipinski definition) is 6. The fraction of sp³-hybridized carbons (Fsp3) is 0.269. The number of nitrogens with zero attached hydrogens (tertiary/aromatic N) is 4. The van der Waals surface area contributed by atoms with Crippen molar-refractivity contribution in [2.24, 2.45) is 0 Å². The molecule has 0 aliphatic heterocycles. The van der Waals surface area contributed by atoms with Gasteiger partial charge < -0.3 is 15.5 Å². The van der Waals surface area contributed by atoms with E-state index >= 15 is 0 Å². The molecule has 2 amide bonds. The quantitative estimate of drug-likeness (QED) is 0.445. The SMILES string of the molecule is CC(=O)NCCNc1ncc(C(=O)N(Cc2ccccc2)C(C)C)c(-c2ccc(C#N)cc2F)n1.[HH].[HH]. The van der Waals surface area contributed by atoms with Crippen LogP contribution in [0.5, 0.6) is 0 Å². The summed E-state index contributed by atoms with van der Waals surface area (Å²) >= 11 is 0. The Labute approximate surface area is 206 Å².